The van der Waals surface area contributed by atoms with E-state index in [1.54, 1.807) is 11.1 Å². The molecule has 4 rings (SSSR count). The van der Waals surface area contributed by atoms with Crippen molar-refractivity contribution >= 4 is 39.5 Å². The quantitative estimate of drug-likeness (QED) is 0.490. The summed E-state index contributed by atoms with van der Waals surface area (Å²) in [6.07, 6.45) is 3.15. The van der Waals surface area contributed by atoms with Crippen LogP contribution in [0.25, 0.3) is 10.2 Å². The Kier molecular flexibility index (Phi) is 7.49. The van der Waals surface area contributed by atoms with Crippen LogP contribution in [0.5, 0.6) is 0 Å². The molecule has 0 aliphatic carbocycles. The van der Waals surface area contributed by atoms with Crippen molar-refractivity contribution in [3.05, 3.63) is 47.2 Å². The van der Waals surface area contributed by atoms with E-state index in [4.69, 9.17) is 4.74 Å². The van der Waals surface area contributed by atoms with Crippen LogP contribution in [-0.4, -0.2) is 57.1 Å². The van der Waals surface area contributed by atoms with Crippen molar-refractivity contribution in [2.45, 2.75) is 52.2 Å². The summed E-state index contributed by atoms with van der Waals surface area (Å²) in [5, 5.41) is 8.17. The van der Waals surface area contributed by atoms with E-state index in [9.17, 15) is 9.59 Å². The maximum absolute atomic E-state index is 13.0. The zero-order valence-electron chi connectivity index (χ0n) is 20.6. The van der Waals surface area contributed by atoms with Gasteiger partial charge in [0.1, 0.15) is 5.60 Å². The maximum Gasteiger partial charge on any atom is 0.410 e. The first-order valence-corrected chi connectivity index (χ1v) is 12.8. The number of nitrogens with zero attached hydrogens (tertiary/aromatic N) is 4. The molecule has 1 aliphatic heterocycles. The minimum atomic E-state index is -0.503. The highest BCUT2D eigenvalue weighted by atomic mass is 32.1. The van der Waals surface area contributed by atoms with Crippen LogP contribution < -0.4 is 10.6 Å². The number of rotatable bonds is 7. The number of likely N-dealkylation sites (tertiary alicyclic amines) is 1. The van der Waals surface area contributed by atoms with Crippen molar-refractivity contribution in [2.24, 2.45) is 5.92 Å². The maximum atomic E-state index is 13.0. The molecule has 3 aromatic heterocycles. The lowest BCUT2D eigenvalue weighted by molar-refractivity contribution is 0.0287. The van der Waals surface area contributed by atoms with Crippen molar-refractivity contribution in [3.8, 4) is 0 Å². The summed E-state index contributed by atoms with van der Waals surface area (Å²) in [5.41, 5.74) is 1.46. The number of thiophene rings is 1. The van der Waals surface area contributed by atoms with Crippen LogP contribution in [0.2, 0.25) is 0 Å². The molecule has 0 aromatic carbocycles. The normalized spacial score (nSPS) is 16.8. The average molecular weight is 497 g/mol. The molecule has 2 atom stereocenters. The first-order valence-electron chi connectivity index (χ1n) is 11.9. The average Bonchev–Trinajstić information content (AvgIpc) is 3.47. The lowest BCUT2D eigenvalue weighted by atomic mass is 10.1. The Labute approximate surface area is 209 Å². The summed E-state index contributed by atoms with van der Waals surface area (Å²) in [5.74, 6) is 0.491. The summed E-state index contributed by atoms with van der Waals surface area (Å²) < 4.78 is 6.22. The first-order chi connectivity index (χ1) is 16.7. The lowest BCUT2D eigenvalue weighted by Gasteiger charge is -2.24. The number of amides is 2. The minimum absolute atomic E-state index is 0.113. The smallest absolute Gasteiger partial charge is 0.410 e. The predicted molar refractivity (Wildman–Crippen MR) is 137 cm³/mol. The van der Waals surface area contributed by atoms with Crippen LogP contribution >= 0.6 is 11.3 Å². The summed E-state index contributed by atoms with van der Waals surface area (Å²) >= 11 is 1.45. The SMILES string of the molecule is C[C@H](Nc1nc(C(=O)NCCC2CCN(C(=O)OC(C)(C)C)C2)c2sccc2n1)c1ccccn1. The highest BCUT2D eigenvalue weighted by Gasteiger charge is 2.29. The van der Waals surface area contributed by atoms with Gasteiger partial charge >= 0.3 is 6.09 Å². The molecule has 1 aliphatic rings. The van der Waals surface area contributed by atoms with E-state index in [0.717, 1.165) is 28.8 Å². The number of nitrogens with one attached hydrogen (secondary N) is 2. The number of hydrogen-bond donors (Lipinski definition) is 2. The van der Waals surface area contributed by atoms with E-state index in [2.05, 4.69) is 25.6 Å². The molecule has 0 radical (unpaired) electrons. The Balaban J connectivity index is 1.35. The third-order valence-corrected chi connectivity index (χ3v) is 6.68. The molecule has 10 heteroatoms. The lowest BCUT2D eigenvalue weighted by Crippen LogP contribution is -2.35. The number of ether oxygens (including phenoxy) is 1. The number of hydrogen-bond acceptors (Lipinski definition) is 8. The Morgan fingerprint density at radius 2 is 2.09 bits per heavy atom. The fourth-order valence-electron chi connectivity index (χ4n) is 4.02. The van der Waals surface area contributed by atoms with E-state index in [1.807, 2.05) is 57.3 Å². The topological polar surface area (TPSA) is 109 Å². The third kappa shape index (κ3) is 6.45. The fourth-order valence-corrected chi connectivity index (χ4v) is 4.83. The fraction of sp³-hybridized carbons (Fsp3) is 0.480. The second kappa shape index (κ2) is 10.6. The zero-order valence-corrected chi connectivity index (χ0v) is 21.4. The molecule has 186 valence electrons. The van der Waals surface area contributed by atoms with Crippen LogP contribution in [-0.2, 0) is 4.74 Å². The predicted octanol–water partition coefficient (Wildman–Crippen LogP) is 4.64. The number of anilines is 1. The molecular formula is C25H32N6O3S. The second-order valence-electron chi connectivity index (χ2n) is 9.78. The van der Waals surface area contributed by atoms with E-state index in [1.165, 1.54) is 11.3 Å². The molecule has 2 amide bonds. The van der Waals surface area contributed by atoms with Gasteiger partial charge in [0.25, 0.3) is 5.91 Å². The van der Waals surface area contributed by atoms with Crippen LogP contribution in [0, 0.1) is 5.92 Å². The van der Waals surface area contributed by atoms with Gasteiger partial charge in [-0.05, 0) is 70.0 Å². The van der Waals surface area contributed by atoms with Gasteiger partial charge in [0.05, 0.1) is 22.0 Å². The summed E-state index contributed by atoms with van der Waals surface area (Å²) in [6.45, 7) is 9.41. The Morgan fingerprint density at radius 1 is 1.26 bits per heavy atom. The van der Waals surface area contributed by atoms with E-state index in [0.29, 0.717) is 37.2 Å². The number of carbonyl (C=O) groups excluding carboxylic acids is 2. The van der Waals surface area contributed by atoms with E-state index in [-0.39, 0.29) is 18.0 Å². The van der Waals surface area contributed by atoms with Crippen LogP contribution in [0.3, 0.4) is 0 Å². The number of fused-ring (bicyclic) bond motifs is 1. The van der Waals surface area contributed by atoms with Crippen LogP contribution in [0.4, 0.5) is 10.7 Å². The third-order valence-electron chi connectivity index (χ3n) is 5.77. The minimum Gasteiger partial charge on any atom is -0.444 e. The van der Waals surface area contributed by atoms with Gasteiger partial charge in [-0.3, -0.25) is 9.78 Å². The van der Waals surface area contributed by atoms with Gasteiger partial charge in [-0.15, -0.1) is 11.3 Å². The van der Waals surface area contributed by atoms with Gasteiger partial charge in [-0.2, -0.15) is 0 Å². The molecule has 0 bridgehead atoms. The molecule has 1 fully saturated rings. The number of aromatic nitrogens is 3. The highest BCUT2D eigenvalue weighted by Crippen LogP contribution is 2.26. The van der Waals surface area contributed by atoms with Crippen molar-refractivity contribution in [1.82, 2.24) is 25.2 Å². The van der Waals surface area contributed by atoms with Gasteiger partial charge in [0.15, 0.2) is 5.69 Å². The molecule has 3 aromatic rings. The van der Waals surface area contributed by atoms with Gasteiger partial charge in [0, 0.05) is 25.8 Å². The van der Waals surface area contributed by atoms with Gasteiger partial charge in [-0.1, -0.05) is 6.07 Å². The highest BCUT2D eigenvalue weighted by molar-refractivity contribution is 7.17. The van der Waals surface area contributed by atoms with Gasteiger partial charge < -0.3 is 20.3 Å². The van der Waals surface area contributed by atoms with Crippen molar-refractivity contribution in [2.75, 3.05) is 25.0 Å². The largest absolute Gasteiger partial charge is 0.444 e. The second-order valence-corrected chi connectivity index (χ2v) is 10.7. The van der Waals surface area contributed by atoms with E-state index >= 15 is 0 Å². The molecular weight excluding hydrogens is 464 g/mol. The molecule has 0 spiro atoms. The standard InChI is InChI=1S/C25H32N6O3S/c1-16(18-7-5-6-11-26-18)28-23-29-19-10-14-35-21(19)20(30-23)22(32)27-12-8-17-9-13-31(15-17)24(33)34-25(2,3)4/h5-7,10-11,14,16-17H,8-9,12-13,15H2,1-4H3,(H,27,32)(H,28,29,30)/t16-,17?/m0/s1. The number of pyridine rings is 1. The van der Waals surface area contributed by atoms with Crippen molar-refractivity contribution in [3.63, 3.8) is 0 Å². The van der Waals surface area contributed by atoms with Crippen LogP contribution in [0.1, 0.15) is 62.8 Å². The number of carbonyl (C=O) groups is 2. The van der Waals surface area contributed by atoms with Gasteiger partial charge in [-0.25, -0.2) is 14.8 Å². The first kappa shape index (κ1) is 24.8. The Morgan fingerprint density at radius 3 is 2.83 bits per heavy atom. The van der Waals surface area contributed by atoms with E-state index < -0.39 is 5.60 Å². The molecule has 35 heavy (non-hydrogen) atoms. The Hall–Kier alpha value is -3.27. The zero-order chi connectivity index (χ0) is 25.0. The molecule has 4 heterocycles. The van der Waals surface area contributed by atoms with Crippen molar-refractivity contribution < 1.29 is 14.3 Å². The Bertz CT molecular complexity index is 1180. The summed E-state index contributed by atoms with van der Waals surface area (Å²) in [6, 6.07) is 7.51. The molecule has 0 saturated carbocycles. The molecule has 1 saturated heterocycles. The molecule has 1 unspecified atom stereocenters. The van der Waals surface area contributed by atoms with Crippen LogP contribution in [0.15, 0.2) is 35.8 Å². The summed E-state index contributed by atoms with van der Waals surface area (Å²) in [4.78, 5) is 40.6. The molecule has 9 nitrogen and oxygen atoms in total. The monoisotopic (exact) mass is 496 g/mol. The summed E-state index contributed by atoms with van der Waals surface area (Å²) in [7, 11) is 0. The van der Waals surface area contributed by atoms with Crippen molar-refractivity contribution in [1.29, 1.82) is 0 Å². The molecule has 2 N–H and O–H groups in total. The van der Waals surface area contributed by atoms with Gasteiger partial charge in [0.2, 0.25) is 5.95 Å².